The molecule has 0 radical (unpaired) electrons. The van der Waals surface area contributed by atoms with Crippen molar-refractivity contribution in [3.63, 3.8) is 0 Å². The second-order valence-electron chi connectivity index (χ2n) is 5.88. The zero-order valence-corrected chi connectivity index (χ0v) is 13.4. The van der Waals surface area contributed by atoms with E-state index in [0.717, 1.165) is 31.6 Å². The number of hydrogen-bond donors (Lipinski definition) is 2. The summed E-state index contributed by atoms with van der Waals surface area (Å²) in [5.41, 5.74) is 2.34. The number of rotatable bonds is 5. The third kappa shape index (κ3) is 4.03. The van der Waals surface area contributed by atoms with E-state index in [-0.39, 0.29) is 11.9 Å². The van der Waals surface area contributed by atoms with E-state index in [0.29, 0.717) is 11.8 Å². The molecular weight excluding hydrogens is 290 g/mol. The number of ether oxygens (including phenoxy) is 2. The van der Waals surface area contributed by atoms with Crippen molar-refractivity contribution >= 4 is 0 Å². The summed E-state index contributed by atoms with van der Waals surface area (Å²) in [6.45, 7) is 1.53. The van der Waals surface area contributed by atoms with Crippen molar-refractivity contribution in [3.05, 3.63) is 59.7 Å². The van der Waals surface area contributed by atoms with Crippen LogP contribution in [0.15, 0.2) is 48.5 Å². The number of hydrogen-bond acceptors (Lipinski definition) is 4. The molecule has 2 atom stereocenters. The highest BCUT2D eigenvalue weighted by molar-refractivity contribution is 5.41. The van der Waals surface area contributed by atoms with Crippen molar-refractivity contribution in [1.29, 1.82) is 0 Å². The van der Waals surface area contributed by atoms with E-state index in [1.807, 2.05) is 18.2 Å². The molecule has 0 spiro atoms. The summed E-state index contributed by atoms with van der Waals surface area (Å²) in [6.07, 6.45) is 2.15. The zero-order valence-electron chi connectivity index (χ0n) is 13.4. The average Bonchev–Trinajstić information content (AvgIpc) is 2.62. The van der Waals surface area contributed by atoms with Crippen molar-refractivity contribution < 1.29 is 14.6 Å². The van der Waals surface area contributed by atoms with Crippen molar-refractivity contribution in [1.82, 2.24) is 5.32 Å². The van der Waals surface area contributed by atoms with Gasteiger partial charge in [0.2, 0.25) is 0 Å². The fraction of sp³-hybridized carbons (Fsp3) is 0.368. The minimum absolute atomic E-state index is 0.164. The number of nitrogens with one attached hydrogen (secondary N) is 1. The van der Waals surface area contributed by atoms with Crippen LogP contribution in [-0.4, -0.2) is 24.9 Å². The maximum absolute atomic E-state index is 9.65. The topological polar surface area (TPSA) is 50.7 Å². The molecule has 0 unspecified atom stereocenters. The molecule has 0 amide bonds. The van der Waals surface area contributed by atoms with Crippen molar-refractivity contribution in [2.75, 3.05) is 13.7 Å². The van der Waals surface area contributed by atoms with Crippen LogP contribution in [0.25, 0.3) is 0 Å². The first-order valence-corrected chi connectivity index (χ1v) is 8.02. The lowest BCUT2D eigenvalue weighted by Gasteiger charge is -2.30. The second kappa shape index (κ2) is 7.49. The lowest BCUT2D eigenvalue weighted by atomic mass is 9.97. The van der Waals surface area contributed by atoms with Crippen molar-refractivity contribution in [3.8, 4) is 11.5 Å². The van der Waals surface area contributed by atoms with Crippen LogP contribution >= 0.6 is 0 Å². The summed E-state index contributed by atoms with van der Waals surface area (Å²) in [7, 11) is 1.56. The Bertz CT molecular complexity index is 630. The molecule has 3 rings (SSSR count). The molecule has 23 heavy (non-hydrogen) atoms. The van der Waals surface area contributed by atoms with Gasteiger partial charge in [-0.2, -0.15) is 0 Å². The maximum Gasteiger partial charge on any atom is 0.160 e. The molecule has 0 bridgehead atoms. The third-order valence-corrected chi connectivity index (χ3v) is 4.29. The van der Waals surface area contributed by atoms with Gasteiger partial charge in [-0.3, -0.25) is 0 Å². The zero-order chi connectivity index (χ0) is 16.1. The van der Waals surface area contributed by atoms with Crippen LogP contribution in [-0.2, 0) is 11.3 Å². The Hall–Kier alpha value is -2.04. The predicted molar refractivity (Wildman–Crippen MR) is 89.7 cm³/mol. The Balaban J connectivity index is 1.58. The van der Waals surface area contributed by atoms with E-state index in [1.54, 1.807) is 13.2 Å². The van der Waals surface area contributed by atoms with Crippen LogP contribution in [0.4, 0.5) is 0 Å². The fourth-order valence-corrected chi connectivity index (χ4v) is 2.98. The summed E-state index contributed by atoms with van der Waals surface area (Å²) < 4.78 is 11.1. The van der Waals surface area contributed by atoms with Gasteiger partial charge in [-0.1, -0.05) is 36.4 Å². The number of benzene rings is 2. The second-order valence-corrected chi connectivity index (χ2v) is 5.88. The van der Waals surface area contributed by atoms with Gasteiger partial charge in [0.25, 0.3) is 0 Å². The molecule has 1 aliphatic heterocycles. The van der Waals surface area contributed by atoms with Gasteiger partial charge in [-0.25, -0.2) is 0 Å². The number of phenols is 1. The van der Waals surface area contributed by atoms with E-state index in [4.69, 9.17) is 9.47 Å². The van der Waals surface area contributed by atoms with Crippen LogP contribution in [0.1, 0.15) is 30.1 Å². The first-order valence-electron chi connectivity index (χ1n) is 8.02. The van der Waals surface area contributed by atoms with Gasteiger partial charge in [0, 0.05) is 19.2 Å². The summed E-state index contributed by atoms with van der Waals surface area (Å²) in [6, 6.07) is 16.3. The molecule has 1 saturated heterocycles. The van der Waals surface area contributed by atoms with Gasteiger partial charge >= 0.3 is 0 Å². The van der Waals surface area contributed by atoms with E-state index in [2.05, 4.69) is 29.6 Å². The smallest absolute Gasteiger partial charge is 0.160 e. The molecule has 1 aliphatic rings. The van der Waals surface area contributed by atoms with Gasteiger partial charge in [0.05, 0.1) is 13.2 Å². The molecule has 1 heterocycles. The molecule has 4 heteroatoms. The van der Waals surface area contributed by atoms with E-state index < -0.39 is 0 Å². The Morgan fingerprint density at radius 2 is 2.04 bits per heavy atom. The normalized spacial score (nSPS) is 21.1. The van der Waals surface area contributed by atoms with Crippen LogP contribution < -0.4 is 10.1 Å². The summed E-state index contributed by atoms with van der Waals surface area (Å²) in [4.78, 5) is 0. The Kier molecular flexibility index (Phi) is 5.16. The van der Waals surface area contributed by atoms with Gasteiger partial charge in [-0.05, 0) is 36.1 Å². The average molecular weight is 313 g/mol. The number of methoxy groups -OCH3 is 1. The van der Waals surface area contributed by atoms with E-state index in [9.17, 15) is 5.11 Å². The maximum atomic E-state index is 9.65. The fourth-order valence-electron chi connectivity index (χ4n) is 2.98. The van der Waals surface area contributed by atoms with E-state index in [1.165, 1.54) is 5.56 Å². The van der Waals surface area contributed by atoms with Crippen LogP contribution in [0, 0.1) is 0 Å². The largest absolute Gasteiger partial charge is 0.504 e. The quantitative estimate of drug-likeness (QED) is 0.888. The van der Waals surface area contributed by atoms with Gasteiger partial charge < -0.3 is 19.9 Å². The molecule has 2 aromatic carbocycles. The highest BCUT2D eigenvalue weighted by atomic mass is 16.5. The summed E-state index contributed by atoms with van der Waals surface area (Å²) in [5.74, 6) is 0.685. The summed E-state index contributed by atoms with van der Waals surface area (Å²) >= 11 is 0. The SMILES string of the molecule is COc1cc(CN[C@@H]2CCO[C@@H](c3ccccc3)C2)ccc1O. The summed E-state index contributed by atoms with van der Waals surface area (Å²) in [5, 5.41) is 13.2. The van der Waals surface area contributed by atoms with Crippen LogP contribution in [0.5, 0.6) is 11.5 Å². The lowest BCUT2D eigenvalue weighted by Crippen LogP contribution is -2.35. The minimum Gasteiger partial charge on any atom is -0.504 e. The Labute approximate surface area is 137 Å². The lowest BCUT2D eigenvalue weighted by molar-refractivity contribution is -0.0000441. The molecular formula is C19H23NO3. The first-order chi connectivity index (χ1) is 11.3. The Morgan fingerprint density at radius 1 is 1.22 bits per heavy atom. The van der Waals surface area contributed by atoms with E-state index >= 15 is 0 Å². The molecule has 4 nitrogen and oxygen atoms in total. The van der Waals surface area contributed by atoms with Crippen LogP contribution in [0.2, 0.25) is 0 Å². The molecule has 0 saturated carbocycles. The van der Waals surface area contributed by atoms with Crippen molar-refractivity contribution in [2.45, 2.75) is 31.5 Å². The molecule has 0 aliphatic carbocycles. The highest BCUT2D eigenvalue weighted by Gasteiger charge is 2.23. The van der Waals surface area contributed by atoms with Gasteiger partial charge in [0.1, 0.15) is 0 Å². The molecule has 2 N–H and O–H groups in total. The van der Waals surface area contributed by atoms with Gasteiger partial charge in [-0.15, -0.1) is 0 Å². The number of phenolic OH excluding ortho intramolecular Hbond substituents is 1. The molecule has 2 aromatic rings. The monoisotopic (exact) mass is 313 g/mol. The van der Waals surface area contributed by atoms with Crippen LogP contribution in [0.3, 0.4) is 0 Å². The minimum atomic E-state index is 0.164. The highest BCUT2D eigenvalue weighted by Crippen LogP contribution is 2.29. The third-order valence-electron chi connectivity index (χ3n) is 4.29. The number of aromatic hydroxyl groups is 1. The molecule has 1 fully saturated rings. The van der Waals surface area contributed by atoms with Gasteiger partial charge in [0.15, 0.2) is 11.5 Å². The first kappa shape index (κ1) is 15.8. The predicted octanol–water partition coefficient (Wildman–Crippen LogP) is 3.41. The Morgan fingerprint density at radius 3 is 2.83 bits per heavy atom. The molecule has 122 valence electrons. The molecule has 0 aromatic heterocycles. The van der Waals surface area contributed by atoms with Crippen molar-refractivity contribution in [2.24, 2.45) is 0 Å². The standard InChI is InChI=1S/C19H23NO3/c1-22-19-11-14(7-8-17(19)21)13-20-16-9-10-23-18(12-16)15-5-3-2-4-6-15/h2-8,11,16,18,20-21H,9-10,12-13H2,1H3/t16-,18-/m1/s1.